The number of piperidine rings is 1. The topological polar surface area (TPSA) is 95.5 Å². The molecular weight excluding hydrogens is 502 g/mol. The molecule has 206 valence electrons. The van der Waals surface area contributed by atoms with E-state index in [9.17, 15) is 5.11 Å². The molecular formula is C32H35N5O3. The Labute approximate surface area is 234 Å². The van der Waals surface area contributed by atoms with E-state index in [0.717, 1.165) is 76.3 Å². The van der Waals surface area contributed by atoms with Gasteiger partial charge < -0.3 is 29.8 Å². The fourth-order valence-corrected chi connectivity index (χ4v) is 5.46. The Bertz CT molecular complexity index is 1560. The van der Waals surface area contributed by atoms with Gasteiger partial charge in [0.15, 0.2) is 0 Å². The first kappa shape index (κ1) is 26.3. The maximum atomic E-state index is 11.1. The lowest BCUT2D eigenvalue weighted by molar-refractivity contribution is 0.0948. The van der Waals surface area contributed by atoms with Crippen LogP contribution in [0.1, 0.15) is 35.9 Å². The first-order valence-electron chi connectivity index (χ1n) is 13.9. The summed E-state index contributed by atoms with van der Waals surface area (Å²) in [6, 6.07) is 24.3. The zero-order valence-electron chi connectivity index (χ0n) is 22.7. The number of fused-ring (bicyclic) bond motifs is 2. The molecule has 5 aromatic rings. The summed E-state index contributed by atoms with van der Waals surface area (Å²) in [6.45, 7) is 3.64. The number of aliphatic hydroxyl groups is 1. The first-order valence-corrected chi connectivity index (χ1v) is 13.9. The molecule has 40 heavy (non-hydrogen) atoms. The van der Waals surface area contributed by atoms with Crippen molar-refractivity contribution in [2.75, 3.05) is 26.7 Å². The number of hydrogen-bond acceptors (Lipinski definition) is 7. The van der Waals surface area contributed by atoms with Crippen LogP contribution in [-0.2, 0) is 13.2 Å². The van der Waals surface area contributed by atoms with Crippen LogP contribution in [0.4, 0.5) is 0 Å². The summed E-state index contributed by atoms with van der Waals surface area (Å²) in [5.74, 6) is 2.46. The molecule has 0 unspecified atom stereocenters. The second kappa shape index (κ2) is 12.0. The van der Waals surface area contributed by atoms with Crippen molar-refractivity contribution in [3.8, 4) is 11.5 Å². The van der Waals surface area contributed by atoms with E-state index in [1.54, 1.807) is 13.3 Å². The molecule has 2 aromatic heterocycles. The van der Waals surface area contributed by atoms with Crippen molar-refractivity contribution in [2.45, 2.75) is 38.1 Å². The lowest BCUT2D eigenvalue weighted by Gasteiger charge is -2.33. The molecule has 1 atom stereocenters. The van der Waals surface area contributed by atoms with Gasteiger partial charge in [-0.05, 0) is 73.5 Å². The van der Waals surface area contributed by atoms with E-state index in [1.165, 1.54) is 0 Å². The van der Waals surface area contributed by atoms with Crippen LogP contribution in [0.15, 0.2) is 79.0 Å². The van der Waals surface area contributed by atoms with Crippen molar-refractivity contribution < 1.29 is 14.6 Å². The van der Waals surface area contributed by atoms with Crippen molar-refractivity contribution in [2.24, 2.45) is 0 Å². The number of pyridine rings is 1. The fraction of sp³-hybridized carbons (Fsp3) is 0.312. The highest BCUT2D eigenvalue weighted by molar-refractivity contribution is 5.84. The van der Waals surface area contributed by atoms with Gasteiger partial charge in [0.25, 0.3) is 0 Å². The zero-order valence-corrected chi connectivity index (χ0v) is 22.7. The van der Waals surface area contributed by atoms with Crippen molar-refractivity contribution in [1.82, 2.24) is 25.2 Å². The van der Waals surface area contributed by atoms with Crippen LogP contribution in [0.25, 0.3) is 21.9 Å². The van der Waals surface area contributed by atoms with Gasteiger partial charge in [0, 0.05) is 24.2 Å². The average Bonchev–Trinajstić information content (AvgIpc) is 3.43. The molecule has 3 N–H and O–H groups in total. The zero-order chi connectivity index (χ0) is 27.3. The summed E-state index contributed by atoms with van der Waals surface area (Å²) in [5, 5.41) is 15.7. The molecule has 1 saturated heterocycles. The Morgan fingerprint density at radius 2 is 1.90 bits per heavy atom. The van der Waals surface area contributed by atoms with Crippen molar-refractivity contribution in [3.63, 3.8) is 0 Å². The molecule has 0 saturated carbocycles. The average molecular weight is 538 g/mol. The monoisotopic (exact) mass is 537 g/mol. The minimum atomic E-state index is -0.587. The number of aliphatic hydroxyl groups excluding tert-OH is 1. The summed E-state index contributed by atoms with van der Waals surface area (Å²) in [6.07, 6.45) is 3.21. The van der Waals surface area contributed by atoms with E-state index in [1.807, 2.05) is 60.7 Å². The highest BCUT2D eigenvalue weighted by atomic mass is 16.5. The van der Waals surface area contributed by atoms with E-state index in [2.05, 4.69) is 32.3 Å². The molecule has 3 aromatic carbocycles. The molecule has 0 spiro atoms. The van der Waals surface area contributed by atoms with Crippen LogP contribution in [0.3, 0.4) is 0 Å². The summed E-state index contributed by atoms with van der Waals surface area (Å²) in [4.78, 5) is 15.1. The number of rotatable bonds is 10. The molecule has 8 nitrogen and oxygen atoms in total. The molecule has 1 fully saturated rings. The lowest BCUT2D eigenvalue weighted by Crippen LogP contribution is -2.43. The van der Waals surface area contributed by atoms with Gasteiger partial charge in [-0.25, -0.2) is 4.98 Å². The minimum Gasteiger partial charge on any atom is -0.497 e. The number of para-hydroxylation sites is 1. The number of ether oxygens (including phenoxy) is 2. The number of hydrogen-bond donors (Lipinski definition) is 3. The highest BCUT2D eigenvalue weighted by Crippen LogP contribution is 2.28. The Hall–Kier alpha value is -3.98. The first-order chi connectivity index (χ1) is 19.7. The van der Waals surface area contributed by atoms with E-state index < -0.39 is 6.10 Å². The Morgan fingerprint density at radius 1 is 1.05 bits per heavy atom. The predicted octanol–water partition coefficient (Wildman–Crippen LogP) is 4.99. The number of likely N-dealkylation sites (tertiary alicyclic amines) is 1. The number of β-amino-alcohol motifs (C(OH)–C–C–N with tert-alkyl or cyclic N) is 1. The van der Waals surface area contributed by atoms with Crippen LogP contribution < -0.4 is 14.8 Å². The van der Waals surface area contributed by atoms with Crippen LogP contribution >= 0.6 is 0 Å². The number of aromatic amines is 1. The minimum absolute atomic E-state index is 0.404. The van der Waals surface area contributed by atoms with Gasteiger partial charge in [-0.1, -0.05) is 36.4 Å². The van der Waals surface area contributed by atoms with Crippen molar-refractivity contribution in [1.29, 1.82) is 0 Å². The molecule has 0 amide bonds. The van der Waals surface area contributed by atoms with Gasteiger partial charge >= 0.3 is 0 Å². The third-order valence-corrected chi connectivity index (χ3v) is 7.68. The van der Waals surface area contributed by atoms with Gasteiger partial charge in [-0.2, -0.15) is 0 Å². The van der Waals surface area contributed by atoms with Crippen molar-refractivity contribution in [3.05, 3.63) is 95.9 Å². The molecule has 0 bridgehead atoms. The van der Waals surface area contributed by atoms with Crippen LogP contribution in [0.2, 0.25) is 0 Å². The molecule has 0 aliphatic carbocycles. The molecule has 0 radical (unpaired) electrons. The molecule has 1 aliphatic rings. The summed E-state index contributed by atoms with van der Waals surface area (Å²) in [5.41, 5.74) is 4.72. The second-order valence-corrected chi connectivity index (χ2v) is 10.4. The van der Waals surface area contributed by atoms with E-state index in [0.29, 0.717) is 25.7 Å². The SMILES string of the molecule is COc1ccc2nccc([C@@H](O)CN3CCC(NCc4nc5c(OCc6ccccc6)cccc5[nH]4)CC3)c2c1. The number of methoxy groups -OCH3 is 1. The molecule has 8 heteroatoms. The Morgan fingerprint density at radius 3 is 2.73 bits per heavy atom. The van der Waals surface area contributed by atoms with E-state index in [4.69, 9.17) is 14.5 Å². The number of aromatic nitrogens is 3. The van der Waals surface area contributed by atoms with E-state index >= 15 is 0 Å². The quantitative estimate of drug-likeness (QED) is 0.231. The van der Waals surface area contributed by atoms with Crippen LogP contribution in [0, 0.1) is 0 Å². The predicted molar refractivity (Wildman–Crippen MR) is 156 cm³/mol. The largest absolute Gasteiger partial charge is 0.497 e. The number of H-pyrrole nitrogens is 1. The highest BCUT2D eigenvalue weighted by Gasteiger charge is 2.23. The van der Waals surface area contributed by atoms with E-state index in [-0.39, 0.29) is 0 Å². The number of imidazole rings is 1. The fourth-order valence-electron chi connectivity index (χ4n) is 5.46. The second-order valence-electron chi connectivity index (χ2n) is 10.4. The molecule has 3 heterocycles. The van der Waals surface area contributed by atoms with Gasteiger partial charge in [-0.15, -0.1) is 0 Å². The van der Waals surface area contributed by atoms with Gasteiger partial charge in [0.05, 0.1) is 30.8 Å². The normalized spacial score (nSPS) is 15.4. The Kier molecular flexibility index (Phi) is 7.90. The maximum Gasteiger partial charge on any atom is 0.147 e. The number of benzene rings is 3. The number of nitrogens with one attached hydrogen (secondary N) is 2. The standard InChI is InChI=1S/C32H35N5O3/c1-39-24-10-11-27-26(18-24)25(12-15-33-27)29(38)20-37-16-13-23(14-17-37)34-19-31-35-28-8-5-9-30(32(28)36-31)40-21-22-6-3-2-4-7-22/h2-12,15,18,23,29,34,38H,13-14,16-17,19-21H2,1H3,(H,35,36)/t29-/m0/s1. The smallest absolute Gasteiger partial charge is 0.147 e. The van der Waals surface area contributed by atoms with Gasteiger partial charge in [0.2, 0.25) is 0 Å². The Balaban J connectivity index is 1.02. The van der Waals surface area contributed by atoms with Gasteiger partial charge in [0.1, 0.15) is 29.4 Å². The maximum absolute atomic E-state index is 11.1. The lowest BCUT2D eigenvalue weighted by atomic mass is 10.0. The van der Waals surface area contributed by atoms with Gasteiger partial charge in [-0.3, -0.25) is 4.98 Å². The summed E-state index contributed by atoms with van der Waals surface area (Å²) < 4.78 is 11.5. The molecule has 6 rings (SSSR count). The third-order valence-electron chi connectivity index (χ3n) is 7.68. The van der Waals surface area contributed by atoms with Crippen LogP contribution in [0.5, 0.6) is 11.5 Å². The summed E-state index contributed by atoms with van der Waals surface area (Å²) >= 11 is 0. The number of nitrogens with zero attached hydrogens (tertiary/aromatic N) is 3. The summed E-state index contributed by atoms with van der Waals surface area (Å²) in [7, 11) is 1.65. The van der Waals surface area contributed by atoms with Crippen molar-refractivity contribution >= 4 is 21.9 Å². The third kappa shape index (κ3) is 5.94. The van der Waals surface area contributed by atoms with Crippen LogP contribution in [-0.4, -0.2) is 57.7 Å². The molecule has 1 aliphatic heterocycles.